The highest BCUT2D eigenvalue weighted by atomic mass is 19.1. The lowest BCUT2D eigenvalue weighted by atomic mass is 9.94. The minimum atomic E-state index is -0.694. The third kappa shape index (κ3) is 4.25. The second-order valence-corrected chi connectivity index (χ2v) is 5.48. The van der Waals surface area contributed by atoms with Crippen LogP contribution in [0.5, 0.6) is 0 Å². The molecular formula is C15H21F2NO. The molecule has 1 aliphatic rings. The van der Waals surface area contributed by atoms with Crippen LogP contribution in [0.15, 0.2) is 18.2 Å². The second-order valence-electron chi connectivity index (χ2n) is 5.48. The van der Waals surface area contributed by atoms with Crippen molar-refractivity contribution in [3.8, 4) is 0 Å². The van der Waals surface area contributed by atoms with E-state index in [1.807, 2.05) is 0 Å². The Hall–Kier alpha value is -1.00. The van der Waals surface area contributed by atoms with Gasteiger partial charge in [-0.1, -0.05) is 25.7 Å². The lowest BCUT2D eigenvalue weighted by molar-refractivity contribution is 0.0250. The normalized spacial score (nSPS) is 19.1. The number of halogens is 2. The van der Waals surface area contributed by atoms with E-state index in [9.17, 15) is 13.9 Å². The molecule has 0 bridgehead atoms. The summed E-state index contributed by atoms with van der Waals surface area (Å²) in [4.78, 5) is 0. The van der Waals surface area contributed by atoms with Crippen LogP contribution in [0, 0.1) is 11.6 Å². The zero-order valence-corrected chi connectivity index (χ0v) is 11.1. The van der Waals surface area contributed by atoms with Gasteiger partial charge in [-0.15, -0.1) is 0 Å². The molecule has 2 nitrogen and oxygen atoms in total. The van der Waals surface area contributed by atoms with Gasteiger partial charge in [-0.3, -0.25) is 0 Å². The van der Waals surface area contributed by atoms with Crippen LogP contribution in [0.1, 0.15) is 44.1 Å². The largest absolute Gasteiger partial charge is 0.389 e. The standard InChI is InChI=1S/C15H21F2NO/c16-13-5-6-14(17)12(9-13)10-18-11-15(19)7-3-1-2-4-8-15/h5-6,9,18-19H,1-4,7-8,10-11H2. The average molecular weight is 269 g/mol. The zero-order chi connectivity index (χ0) is 13.7. The Kier molecular flexibility index (Phi) is 4.88. The molecule has 0 aliphatic heterocycles. The first-order valence-electron chi connectivity index (χ1n) is 6.96. The van der Waals surface area contributed by atoms with Gasteiger partial charge in [0.2, 0.25) is 0 Å². The van der Waals surface area contributed by atoms with Crippen LogP contribution in [0.3, 0.4) is 0 Å². The van der Waals surface area contributed by atoms with Crippen LogP contribution in [0.4, 0.5) is 8.78 Å². The summed E-state index contributed by atoms with van der Waals surface area (Å²) in [5, 5.41) is 13.5. The summed E-state index contributed by atoms with van der Waals surface area (Å²) >= 11 is 0. The fraction of sp³-hybridized carbons (Fsp3) is 0.600. The van der Waals surface area contributed by atoms with Gasteiger partial charge < -0.3 is 10.4 Å². The molecule has 2 N–H and O–H groups in total. The fourth-order valence-corrected chi connectivity index (χ4v) is 2.67. The monoisotopic (exact) mass is 269 g/mol. The van der Waals surface area contributed by atoms with Crippen LogP contribution >= 0.6 is 0 Å². The van der Waals surface area contributed by atoms with Crippen molar-refractivity contribution in [3.63, 3.8) is 0 Å². The third-order valence-electron chi connectivity index (χ3n) is 3.81. The van der Waals surface area contributed by atoms with Crippen LogP contribution in [-0.4, -0.2) is 17.3 Å². The molecule has 106 valence electrons. The molecule has 0 atom stereocenters. The molecule has 0 amide bonds. The Morgan fingerprint density at radius 1 is 1.11 bits per heavy atom. The fourth-order valence-electron chi connectivity index (χ4n) is 2.67. The summed E-state index contributed by atoms with van der Waals surface area (Å²) in [7, 11) is 0. The molecule has 0 aromatic heterocycles. The second kappa shape index (κ2) is 6.44. The molecule has 0 spiro atoms. The number of rotatable bonds is 4. The van der Waals surface area contributed by atoms with Crippen LogP contribution < -0.4 is 5.32 Å². The Balaban J connectivity index is 1.86. The molecule has 1 fully saturated rings. The number of aliphatic hydroxyl groups is 1. The molecule has 1 aliphatic carbocycles. The van der Waals surface area contributed by atoms with Gasteiger partial charge in [0.1, 0.15) is 11.6 Å². The summed E-state index contributed by atoms with van der Waals surface area (Å²) in [6, 6.07) is 3.43. The molecule has 4 heteroatoms. The molecule has 0 unspecified atom stereocenters. The van der Waals surface area contributed by atoms with Crippen molar-refractivity contribution in [1.82, 2.24) is 5.32 Å². The Labute approximate surface area is 112 Å². The highest BCUT2D eigenvalue weighted by molar-refractivity contribution is 5.18. The Morgan fingerprint density at radius 2 is 1.79 bits per heavy atom. The van der Waals surface area contributed by atoms with Crippen LogP contribution in [0.2, 0.25) is 0 Å². The molecule has 1 aromatic carbocycles. The maximum absolute atomic E-state index is 13.4. The highest BCUT2D eigenvalue weighted by Gasteiger charge is 2.27. The summed E-state index contributed by atoms with van der Waals surface area (Å²) in [5.41, 5.74) is -0.391. The molecular weight excluding hydrogens is 248 g/mol. The molecule has 2 rings (SSSR count). The van der Waals surface area contributed by atoms with Gasteiger partial charge in [0.25, 0.3) is 0 Å². The van der Waals surface area contributed by atoms with Crippen molar-refractivity contribution in [2.45, 2.75) is 50.7 Å². The first-order chi connectivity index (χ1) is 9.09. The summed E-state index contributed by atoms with van der Waals surface area (Å²) in [6.45, 7) is 0.675. The molecule has 1 aromatic rings. The van der Waals surface area contributed by atoms with Crippen molar-refractivity contribution in [1.29, 1.82) is 0 Å². The van der Waals surface area contributed by atoms with Crippen LogP contribution in [-0.2, 0) is 6.54 Å². The summed E-state index contributed by atoms with van der Waals surface area (Å²) in [6.07, 6.45) is 5.97. The topological polar surface area (TPSA) is 32.3 Å². The van der Waals surface area contributed by atoms with Gasteiger partial charge in [-0.05, 0) is 31.0 Å². The molecule has 0 radical (unpaired) electrons. The minimum Gasteiger partial charge on any atom is -0.389 e. The highest BCUT2D eigenvalue weighted by Crippen LogP contribution is 2.26. The van der Waals surface area contributed by atoms with E-state index in [4.69, 9.17) is 0 Å². The maximum Gasteiger partial charge on any atom is 0.127 e. The van der Waals surface area contributed by atoms with Crippen molar-refractivity contribution < 1.29 is 13.9 Å². The lowest BCUT2D eigenvalue weighted by Gasteiger charge is -2.27. The number of benzene rings is 1. The predicted octanol–water partition coefficient (Wildman–Crippen LogP) is 3.14. The Bertz CT molecular complexity index is 415. The van der Waals surface area contributed by atoms with E-state index in [1.54, 1.807) is 0 Å². The smallest absolute Gasteiger partial charge is 0.127 e. The van der Waals surface area contributed by atoms with Crippen molar-refractivity contribution >= 4 is 0 Å². The lowest BCUT2D eigenvalue weighted by Crippen LogP contribution is -2.40. The predicted molar refractivity (Wildman–Crippen MR) is 70.7 cm³/mol. The number of nitrogens with one attached hydrogen (secondary N) is 1. The van der Waals surface area contributed by atoms with E-state index < -0.39 is 17.2 Å². The maximum atomic E-state index is 13.4. The number of hydrogen-bond acceptors (Lipinski definition) is 2. The minimum absolute atomic E-state index is 0.242. The zero-order valence-electron chi connectivity index (χ0n) is 11.1. The molecule has 0 heterocycles. The van der Waals surface area contributed by atoms with Gasteiger partial charge >= 0.3 is 0 Å². The first-order valence-corrected chi connectivity index (χ1v) is 6.96. The Morgan fingerprint density at radius 3 is 2.47 bits per heavy atom. The SMILES string of the molecule is OC1(CNCc2cc(F)ccc2F)CCCCCC1. The summed E-state index contributed by atoms with van der Waals surface area (Å²) in [5.74, 6) is -0.854. The van der Waals surface area contributed by atoms with Crippen molar-refractivity contribution in [2.75, 3.05) is 6.54 Å². The van der Waals surface area contributed by atoms with E-state index in [0.29, 0.717) is 12.1 Å². The quantitative estimate of drug-likeness (QED) is 0.823. The third-order valence-corrected chi connectivity index (χ3v) is 3.81. The van der Waals surface area contributed by atoms with Gasteiger partial charge in [0, 0.05) is 18.7 Å². The van der Waals surface area contributed by atoms with Gasteiger partial charge in [0.15, 0.2) is 0 Å². The van der Waals surface area contributed by atoms with E-state index in [2.05, 4.69) is 5.32 Å². The van der Waals surface area contributed by atoms with E-state index >= 15 is 0 Å². The molecule has 19 heavy (non-hydrogen) atoms. The van der Waals surface area contributed by atoms with Gasteiger partial charge in [0.05, 0.1) is 5.60 Å². The van der Waals surface area contributed by atoms with E-state index in [0.717, 1.165) is 37.8 Å². The van der Waals surface area contributed by atoms with Crippen LogP contribution in [0.25, 0.3) is 0 Å². The van der Waals surface area contributed by atoms with Crippen molar-refractivity contribution in [3.05, 3.63) is 35.4 Å². The molecule has 0 saturated heterocycles. The molecule has 1 saturated carbocycles. The van der Waals surface area contributed by atoms with E-state index in [-0.39, 0.29) is 6.54 Å². The number of hydrogen-bond donors (Lipinski definition) is 2. The van der Waals surface area contributed by atoms with E-state index in [1.165, 1.54) is 18.9 Å². The van der Waals surface area contributed by atoms with Crippen molar-refractivity contribution in [2.24, 2.45) is 0 Å². The summed E-state index contributed by atoms with van der Waals surface area (Å²) < 4.78 is 26.4. The average Bonchev–Trinajstić information content (AvgIpc) is 2.59. The van der Waals surface area contributed by atoms with Gasteiger partial charge in [-0.25, -0.2) is 8.78 Å². The van der Waals surface area contributed by atoms with Gasteiger partial charge in [-0.2, -0.15) is 0 Å². The first kappa shape index (κ1) is 14.4.